The van der Waals surface area contributed by atoms with Crippen molar-refractivity contribution in [1.82, 2.24) is 4.90 Å². The number of phenols is 2. The van der Waals surface area contributed by atoms with E-state index in [-0.39, 0.29) is 17.4 Å². The van der Waals surface area contributed by atoms with Crippen molar-refractivity contribution < 1.29 is 14.9 Å². The molecule has 2 N–H and O–H groups in total. The number of hydrogen-bond acceptors (Lipinski definition) is 4. The number of phenolic OH excluding ortho intramolecular Hbond substituents is 2. The van der Waals surface area contributed by atoms with Gasteiger partial charge in [0.25, 0.3) is 0 Å². The zero-order valence-corrected chi connectivity index (χ0v) is 17.7. The van der Waals surface area contributed by atoms with Gasteiger partial charge in [-0.25, -0.2) is 0 Å². The quantitative estimate of drug-likeness (QED) is 0.554. The van der Waals surface area contributed by atoms with Crippen LogP contribution in [0.1, 0.15) is 57.6 Å². The average Bonchev–Trinajstić information content (AvgIpc) is 2.72. The third-order valence-electron chi connectivity index (χ3n) is 5.81. The fourth-order valence-corrected chi connectivity index (χ4v) is 4.12. The Bertz CT molecular complexity index is 695. The van der Waals surface area contributed by atoms with Crippen LogP contribution in [0.2, 0.25) is 0 Å². The normalized spacial score (nSPS) is 14.8. The molecule has 0 aliphatic carbocycles. The second kappa shape index (κ2) is 10.5. The number of hydrogen-bond donors (Lipinski definition) is 2. The SMILES string of the molecule is CC[C@@H](c1ccc(O)cc1)[C@](CC)(OCCN(CC)CC)c1ccc(O)cc1. The smallest absolute Gasteiger partial charge is 0.115 e. The molecule has 0 saturated heterocycles. The number of likely N-dealkylation sites (N-methyl/N-ethyl adjacent to an activating group) is 1. The standard InChI is InChI=1S/C24H35NO3/c1-5-23(19-9-13-21(26)14-10-19)24(6-2,20-11-15-22(27)16-12-20)28-18-17-25(7-3)8-4/h9-16,23,26-27H,5-8,17-18H2,1-4H3/t23-,24+/m0/s1. The molecule has 0 heterocycles. The van der Waals surface area contributed by atoms with Crippen LogP contribution < -0.4 is 0 Å². The number of aromatic hydroxyl groups is 2. The Morgan fingerprint density at radius 3 is 1.86 bits per heavy atom. The molecule has 0 aliphatic rings. The fraction of sp³-hybridized carbons (Fsp3) is 0.500. The van der Waals surface area contributed by atoms with Crippen molar-refractivity contribution in [2.45, 2.75) is 52.1 Å². The monoisotopic (exact) mass is 385 g/mol. The molecule has 0 fully saturated rings. The van der Waals surface area contributed by atoms with E-state index in [1.165, 1.54) is 0 Å². The molecule has 0 spiro atoms. The minimum absolute atomic E-state index is 0.138. The third kappa shape index (κ3) is 5.06. The first kappa shape index (κ1) is 22.3. The molecule has 0 saturated carbocycles. The van der Waals surface area contributed by atoms with Crippen LogP contribution in [0.5, 0.6) is 11.5 Å². The van der Waals surface area contributed by atoms with E-state index >= 15 is 0 Å². The van der Waals surface area contributed by atoms with Crippen molar-refractivity contribution >= 4 is 0 Å². The maximum absolute atomic E-state index is 9.78. The van der Waals surface area contributed by atoms with Crippen molar-refractivity contribution in [1.29, 1.82) is 0 Å². The first-order chi connectivity index (χ1) is 13.5. The van der Waals surface area contributed by atoms with Gasteiger partial charge in [-0.05, 0) is 61.3 Å². The lowest BCUT2D eigenvalue weighted by Crippen LogP contribution is -2.39. The lowest BCUT2D eigenvalue weighted by Gasteiger charge is -2.41. The van der Waals surface area contributed by atoms with Crippen LogP contribution in [-0.4, -0.2) is 41.4 Å². The molecular formula is C24H35NO3. The van der Waals surface area contributed by atoms with Gasteiger partial charge in [0.05, 0.1) is 12.2 Å². The number of rotatable bonds is 11. The molecule has 0 aromatic heterocycles. The Morgan fingerprint density at radius 2 is 1.39 bits per heavy atom. The van der Waals surface area contributed by atoms with E-state index in [1.54, 1.807) is 24.3 Å². The van der Waals surface area contributed by atoms with Crippen LogP contribution >= 0.6 is 0 Å². The summed E-state index contributed by atoms with van der Waals surface area (Å²) < 4.78 is 6.69. The summed E-state index contributed by atoms with van der Waals surface area (Å²) in [4.78, 5) is 2.36. The summed E-state index contributed by atoms with van der Waals surface area (Å²) in [5.41, 5.74) is 1.73. The zero-order valence-electron chi connectivity index (χ0n) is 17.7. The maximum atomic E-state index is 9.78. The van der Waals surface area contributed by atoms with E-state index in [0.29, 0.717) is 6.61 Å². The average molecular weight is 386 g/mol. The van der Waals surface area contributed by atoms with Gasteiger partial charge in [-0.1, -0.05) is 52.0 Å². The second-order valence-corrected chi connectivity index (χ2v) is 7.22. The van der Waals surface area contributed by atoms with E-state index in [9.17, 15) is 10.2 Å². The molecule has 0 unspecified atom stereocenters. The molecule has 28 heavy (non-hydrogen) atoms. The molecule has 4 heteroatoms. The van der Waals surface area contributed by atoms with Gasteiger partial charge in [-0.3, -0.25) is 0 Å². The number of ether oxygens (including phenoxy) is 1. The minimum Gasteiger partial charge on any atom is -0.508 e. The van der Waals surface area contributed by atoms with Crippen LogP contribution in [-0.2, 0) is 10.3 Å². The predicted octanol–water partition coefficient (Wildman–Crippen LogP) is 5.26. The Balaban J connectivity index is 2.42. The maximum Gasteiger partial charge on any atom is 0.115 e. The van der Waals surface area contributed by atoms with Gasteiger partial charge >= 0.3 is 0 Å². The van der Waals surface area contributed by atoms with E-state index < -0.39 is 5.60 Å². The molecule has 4 nitrogen and oxygen atoms in total. The van der Waals surface area contributed by atoms with Crippen LogP contribution in [0.15, 0.2) is 48.5 Å². The molecule has 2 rings (SSSR count). The first-order valence-electron chi connectivity index (χ1n) is 10.4. The van der Waals surface area contributed by atoms with E-state index in [0.717, 1.165) is 43.6 Å². The molecule has 0 radical (unpaired) electrons. The largest absolute Gasteiger partial charge is 0.508 e. The summed E-state index contributed by atoms with van der Waals surface area (Å²) >= 11 is 0. The second-order valence-electron chi connectivity index (χ2n) is 7.22. The van der Waals surface area contributed by atoms with Crippen LogP contribution in [0.25, 0.3) is 0 Å². The predicted molar refractivity (Wildman–Crippen MR) is 115 cm³/mol. The van der Waals surface area contributed by atoms with Crippen LogP contribution in [0.4, 0.5) is 0 Å². The number of nitrogens with zero attached hydrogens (tertiary/aromatic N) is 1. The minimum atomic E-state index is -0.493. The van der Waals surface area contributed by atoms with Gasteiger partial charge in [-0.15, -0.1) is 0 Å². The summed E-state index contributed by atoms with van der Waals surface area (Å²) in [6.07, 6.45) is 1.72. The third-order valence-corrected chi connectivity index (χ3v) is 5.81. The van der Waals surface area contributed by atoms with Crippen LogP contribution in [0, 0.1) is 0 Å². The first-order valence-corrected chi connectivity index (χ1v) is 10.4. The van der Waals surface area contributed by atoms with Crippen molar-refractivity contribution in [2.75, 3.05) is 26.2 Å². The highest BCUT2D eigenvalue weighted by Gasteiger charge is 2.40. The summed E-state index contributed by atoms with van der Waals surface area (Å²) in [5.74, 6) is 0.668. The molecule has 2 aromatic carbocycles. The van der Waals surface area contributed by atoms with Gasteiger partial charge in [0, 0.05) is 12.5 Å². The van der Waals surface area contributed by atoms with Crippen LogP contribution in [0.3, 0.4) is 0 Å². The van der Waals surface area contributed by atoms with E-state index in [4.69, 9.17) is 4.74 Å². The van der Waals surface area contributed by atoms with Crippen molar-refractivity contribution in [3.8, 4) is 11.5 Å². The van der Waals surface area contributed by atoms with Crippen molar-refractivity contribution in [2.24, 2.45) is 0 Å². The fourth-order valence-electron chi connectivity index (χ4n) is 4.12. The summed E-state index contributed by atoms with van der Waals surface area (Å²) in [6, 6.07) is 14.9. The Kier molecular flexibility index (Phi) is 8.34. The molecule has 0 amide bonds. The van der Waals surface area contributed by atoms with Crippen molar-refractivity contribution in [3.05, 3.63) is 59.7 Å². The zero-order chi connectivity index (χ0) is 20.6. The van der Waals surface area contributed by atoms with Crippen molar-refractivity contribution in [3.63, 3.8) is 0 Å². The lowest BCUT2D eigenvalue weighted by molar-refractivity contribution is -0.0808. The summed E-state index contributed by atoms with van der Waals surface area (Å²) in [7, 11) is 0. The summed E-state index contributed by atoms with van der Waals surface area (Å²) in [5, 5.41) is 19.5. The molecule has 0 bridgehead atoms. The van der Waals surface area contributed by atoms with Gasteiger partial charge in [0.1, 0.15) is 11.5 Å². The topological polar surface area (TPSA) is 52.9 Å². The van der Waals surface area contributed by atoms with E-state index in [1.807, 2.05) is 24.3 Å². The molecule has 2 atom stereocenters. The summed E-state index contributed by atoms with van der Waals surface area (Å²) in [6.45, 7) is 12.2. The molecule has 0 aliphatic heterocycles. The molecule has 2 aromatic rings. The van der Waals surface area contributed by atoms with Gasteiger partial charge in [0.2, 0.25) is 0 Å². The lowest BCUT2D eigenvalue weighted by atomic mass is 9.74. The Hall–Kier alpha value is -2.04. The number of benzene rings is 2. The van der Waals surface area contributed by atoms with Gasteiger partial charge in [-0.2, -0.15) is 0 Å². The Morgan fingerprint density at radius 1 is 0.857 bits per heavy atom. The highest BCUT2D eigenvalue weighted by atomic mass is 16.5. The molecular weight excluding hydrogens is 350 g/mol. The highest BCUT2D eigenvalue weighted by molar-refractivity contribution is 5.36. The van der Waals surface area contributed by atoms with E-state index in [2.05, 4.69) is 32.6 Å². The van der Waals surface area contributed by atoms with Gasteiger partial charge < -0.3 is 19.8 Å². The Labute approximate surface area is 169 Å². The van der Waals surface area contributed by atoms with Gasteiger partial charge in [0.15, 0.2) is 0 Å². The molecule has 154 valence electrons. The highest BCUT2D eigenvalue weighted by Crippen LogP contribution is 2.45.